The molecule has 3 heteroatoms. The molecule has 1 aromatic heterocycles. The highest BCUT2D eigenvalue weighted by Gasteiger charge is 2.23. The van der Waals surface area contributed by atoms with E-state index in [1.165, 1.54) is 69.9 Å². The zero-order chi connectivity index (χ0) is 14.5. The number of aromatic nitrogens is 2. The summed E-state index contributed by atoms with van der Waals surface area (Å²) in [6.07, 6.45) is 15.9. The quantitative estimate of drug-likeness (QED) is 0.868. The van der Waals surface area contributed by atoms with Crippen LogP contribution in [0.4, 0.5) is 0 Å². The maximum atomic E-state index is 4.82. The molecule has 0 aliphatic heterocycles. The first-order valence-electron chi connectivity index (χ1n) is 9.14. The zero-order valence-corrected chi connectivity index (χ0v) is 13.6. The first kappa shape index (κ1) is 15.1. The SMILES string of the molecule is CCC1CCCCC1NCc1ccn(C2CCCCC2)n1. The summed E-state index contributed by atoms with van der Waals surface area (Å²) in [6, 6.07) is 3.58. The van der Waals surface area contributed by atoms with E-state index in [0.29, 0.717) is 12.1 Å². The molecule has 118 valence electrons. The van der Waals surface area contributed by atoms with Gasteiger partial charge in [-0.2, -0.15) is 5.10 Å². The third-order valence-corrected chi connectivity index (χ3v) is 5.59. The lowest BCUT2D eigenvalue weighted by Gasteiger charge is -2.31. The van der Waals surface area contributed by atoms with Crippen molar-refractivity contribution in [1.82, 2.24) is 15.1 Å². The van der Waals surface area contributed by atoms with Crippen molar-refractivity contribution in [1.29, 1.82) is 0 Å². The van der Waals surface area contributed by atoms with Crippen molar-refractivity contribution in [2.24, 2.45) is 5.92 Å². The van der Waals surface area contributed by atoms with Crippen molar-refractivity contribution < 1.29 is 0 Å². The van der Waals surface area contributed by atoms with Gasteiger partial charge in [0.2, 0.25) is 0 Å². The molecule has 0 aromatic carbocycles. The van der Waals surface area contributed by atoms with Crippen molar-refractivity contribution in [3.63, 3.8) is 0 Å². The van der Waals surface area contributed by atoms with Crippen LogP contribution in [0.2, 0.25) is 0 Å². The van der Waals surface area contributed by atoms with Crippen LogP contribution in [0.1, 0.15) is 82.9 Å². The Morgan fingerprint density at radius 2 is 1.86 bits per heavy atom. The van der Waals surface area contributed by atoms with Gasteiger partial charge >= 0.3 is 0 Å². The first-order chi connectivity index (χ1) is 10.4. The molecule has 2 aliphatic carbocycles. The average Bonchev–Trinajstić information content (AvgIpc) is 3.03. The normalized spacial score (nSPS) is 27.9. The molecule has 1 N–H and O–H groups in total. The van der Waals surface area contributed by atoms with Crippen LogP contribution in [0, 0.1) is 5.92 Å². The molecule has 0 amide bonds. The van der Waals surface area contributed by atoms with Gasteiger partial charge < -0.3 is 5.32 Å². The van der Waals surface area contributed by atoms with Gasteiger partial charge in [-0.05, 0) is 37.7 Å². The molecule has 2 aliphatic rings. The smallest absolute Gasteiger partial charge is 0.0762 e. The van der Waals surface area contributed by atoms with E-state index in [1.54, 1.807) is 0 Å². The minimum absolute atomic E-state index is 0.658. The molecule has 2 atom stereocenters. The van der Waals surface area contributed by atoms with Gasteiger partial charge in [0.05, 0.1) is 11.7 Å². The highest BCUT2D eigenvalue weighted by Crippen LogP contribution is 2.28. The number of hydrogen-bond donors (Lipinski definition) is 1. The zero-order valence-electron chi connectivity index (χ0n) is 13.6. The largest absolute Gasteiger partial charge is 0.308 e. The number of rotatable bonds is 5. The number of nitrogens with one attached hydrogen (secondary N) is 1. The van der Waals surface area contributed by atoms with Crippen molar-refractivity contribution in [3.05, 3.63) is 18.0 Å². The second-order valence-electron chi connectivity index (χ2n) is 7.02. The van der Waals surface area contributed by atoms with Crippen LogP contribution in [-0.2, 0) is 6.54 Å². The summed E-state index contributed by atoms with van der Waals surface area (Å²) in [4.78, 5) is 0. The summed E-state index contributed by atoms with van der Waals surface area (Å²) in [7, 11) is 0. The summed E-state index contributed by atoms with van der Waals surface area (Å²) in [5.74, 6) is 0.874. The lowest BCUT2D eigenvalue weighted by Crippen LogP contribution is -2.37. The Balaban J connectivity index is 1.52. The van der Waals surface area contributed by atoms with Gasteiger partial charge in [-0.15, -0.1) is 0 Å². The molecule has 3 rings (SSSR count). The van der Waals surface area contributed by atoms with Crippen LogP contribution in [0.3, 0.4) is 0 Å². The van der Waals surface area contributed by atoms with Gasteiger partial charge in [-0.1, -0.05) is 45.4 Å². The van der Waals surface area contributed by atoms with Gasteiger partial charge in [0.25, 0.3) is 0 Å². The van der Waals surface area contributed by atoms with Crippen LogP contribution in [0.25, 0.3) is 0 Å². The Hall–Kier alpha value is -0.830. The maximum Gasteiger partial charge on any atom is 0.0762 e. The average molecular weight is 289 g/mol. The van der Waals surface area contributed by atoms with Gasteiger partial charge in [-0.25, -0.2) is 0 Å². The second-order valence-corrected chi connectivity index (χ2v) is 7.02. The molecule has 0 spiro atoms. The summed E-state index contributed by atoms with van der Waals surface area (Å²) in [5, 5.41) is 8.60. The third-order valence-electron chi connectivity index (χ3n) is 5.59. The Bertz CT molecular complexity index is 420. The molecule has 2 saturated carbocycles. The predicted molar refractivity (Wildman–Crippen MR) is 87.2 cm³/mol. The lowest BCUT2D eigenvalue weighted by atomic mass is 9.83. The fraction of sp³-hybridized carbons (Fsp3) is 0.833. The van der Waals surface area contributed by atoms with Crippen molar-refractivity contribution >= 4 is 0 Å². The molecule has 0 radical (unpaired) electrons. The van der Waals surface area contributed by atoms with E-state index in [0.717, 1.165) is 12.5 Å². The van der Waals surface area contributed by atoms with Crippen LogP contribution in [-0.4, -0.2) is 15.8 Å². The van der Waals surface area contributed by atoms with Crippen LogP contribution in [0.5, 0.6) is 0 Å². The van der Waals surface area contributed by atoms with Crippen molar-refractivity contribution in [2.45, 2.75) is 89.8 Å². The molecule has 2 unspecified atom stereocenters. The Labute approximate surface area is 129 Å². The minimum atomic E-state index is 0.658. The number of nitrogens with zero attached hydrogens (tertiary/aromatic N) is 2. The maximum absolute atomic E-state index is 4.82. The van der Waals surface area contributed by atoms with Crippen LogP contribution >= 0.6 is 0 Å². The van der Waals surface area contributed by atoms with Crippen LogP contribution in [0.15, 0.2) is 12.3 Å². The van der Waals surface area contributed by atoms with Gasteiger partial charge in [0.15, 0.2) is 0 Å². The van der Waals surface area contributed by atoms with E-state index in [2.05, 4.69) is 29.2 Å². The van der Waals surface area contributed by atoms with Crippen molar-refractivity contribution in [2.75, 3.05) is 0 Å². The Morgan fingerprint density at radius 1 is 1.10 bits per heavy atom. The lowest BCUT2D eigenvalue weighted by molar-refractivity contribution is 0.253. The first-order valence-corrected chi connectivity index (χ1v) is 9.14. The molecule has 3 nitrogen and oxygen atoms in total. The standard InChI is InChI=1S/C18H31N3/c1-2-15-8-6-7-11-18(15)19-14-16-12-13-21(20-16)17-9-4-3-5-10-17/h12-13,15,17-19H,2-11,14H2,1H3. The highest BCUT2D eigenvalue weighted by molar-refractivity contribution is 5.00. The minimum Gasteiger partial charge on any atom is -0.308 e. The van der Waals surface area contributed by atoms with E-state index >= 15 is 0 Å². The molecular formula is C18H31N3. The van der Waals surface area contributed by atoms with Gasteiger partial charge in [0.1, 0.15) is 0 Å². The van der Waals surface area contributed by atoms with E-state index in [1.807, 2.05) is 0 Å². The monoisotopic (exact) mass is 289 g/mol. The molecule has 1 heterocycles. The molecule has 0 saturated heterocycles. The Kier molecular flexibility index (Phi) is 5.34. The van der Waals surface area contributed by atoms with Crippen LogP contribution < -0.4 is 5.32 Å². The molecular weight excluding hydrogens is 258 g/mol. The molecule has 1 aromatic rings. The molecule has 21 heavy (non-hydrogen) atoms. The van der Waals surface area contributed by atoms with Crippen molar-refractivity contribution in [3.8, 4) is 0 Å². The fourth-order valence-electron chi connectivity index (χ4n) is 4.22. The second kappa shape index (κ2) is 7.44. The van der Waals surface area contributed by atoms with E-state index in [-0.39, 0.29) is 0 Å². The molecule has 0 bridgehead atoms. The Morgan fingerprint density at radius 3 is 2.67 bits per heavy atom. The fourth-order valence-corrected chi connectivity index (χ4v) is 4.22. The van der Waals surface area contributed by atoms with E-state index in [4.69, 9.17) is 5.10 Å². The van der Waals surface area contributed by atoms with Gasteiger partial charge in [-0.3, -0.25) is 4.68 Å². The molecule has 2 fully saturated rings. The van der Waals surface area contributed by atoms with E-state index in [9.17, 15) is 0 Å². The predicted octanol–water partition coefficient (Wildman–Crippen LogP) is 4.45. The summed E-state index contributed by atoms with van der Waals surface area (Å²) in [6.45, 7) is 3.28. The highest BCUT2D eigenvalue weighted by atomic mass is 15.3. The van der Waals surface area contributed by atoms with Gasteiger partial charge in [0, 0.05) is 18.8 Å². The topological polar surface area (TPSA) is 29.9 Å². The third kappa shape index (κ3) is 3.88. The summed E-state index contributed by atoms with van der Waals surface area (Å²) in [5.41, 5.74) is 1.22. The van der Waals surface area contributed by atoms with E-state index < -0.39 is 0 Å². The summed E-state index contributed by atoms with van der Waals surface area (Å²) < 4.78 is 2.23. The number of hydrogen-bond acceptors (Lipinski definition) is 2. The summed E-state index contributed by atoms with van der Waals surface area (Å²) >= 11 is 0.